The van der Waals surface area contributed by atoms with Gasteiger partial charge in [-0.15, -0.1) is 11.3 Å². The zero-order chi connectivity index (χ0) is 23.1. The Morgan fingerprint density at radius 3 is 2.72 bits per heavy atom. The number of hydrogen-bond donors (Lipinski definition) is 2. The average molecular weight is 480 g/mol. The molecule has 2 heterocycles. The standard InChI is InChI=1S/C23H30ClN3O4S/c1-15(2)20-11-19-22(29)25-21(26-23(19)32-20)13-27(9-4-10-30-3)12-17(28)14-31-18-7-5-16(24)6-8-18/h5-8,11,15,17,28H,4,9-10,12-14H2,1-3H3,(H,25,26,29)/t17-/m1/s1. The van der Waals surface area contributed by atoms with E-state index in [0.29, 0.717) is 54.1 Å². The van der Waals surface area contributed by atoms with Crippen LogP contribution in [0.15, 0.2) is 35.1 Å². The fraction of sp³-hybridized carbons (Fsp3) is 0.478. The first-order valence-electron chi connectivity index (χ1n) is 10.7. The van der Waals surface area contributed by atoms with Crippen LogP contribution in [0.4, 0.5) is 0 Å². The molecule has 2 aromatic heterocycles. The third kappa shape index (κ3) is 7.02. The Balaban J connectivity index is 1.67. The summed E-state index contributed by atoms with van der Waals surface area (Å²) in [7, 11) is 1.66. The number of H-pyrrole nitrogens is 1. The Morgan fingerprint density at radius 1 is 1.28 bits per heavy atom. The predicted octanol–water partition coefficient (Wildman–Crippen LogP) is 4.04. The lowest BCUT2D eigenvalue weighted by Crippen LogP contribution is -2.37. The minimum Gasteiger partial charge on any atom is -0.491 e. The molecule has 3 rings (SSSR count). The van der Waals surface area contributed by atoms with Gasteiger partial charge in [-0.2, -0.15) is 0 Å². The predicted molar refractivity (Wildman–Crippen MR) is 129 cm³/mol. The summed E-state index contributed by atoms with van der Waals surface area (Å²) in [5.74, 6) is 1.58. The molecule has 32 heavy (non-hydrogen) atoms. The summed E-state index contributed by atoms with van der Waals surface area (Å²) in [6, 6.07) is 8.94. The Bertz CT molecular complexity index is 1050. The third-order valence-corrected chi connectivity index (χ3v) is 6.54. The van der Waals surface area contributed by atoms with E-state index in [1.54, 1.807) is 42.7 Å². The Kier molecular flexibility index (Phi) is 9.07. The molecule has 0 radical (unpaired) electrons. The fourth-order valence-corrected chi connectivity index (χ4v) is 4.49. The Hall–Kier alpha value is -1.97. The van der Waals surface area contributed by atoms with Gasteiger partial charge in [-0.25, -0.2) is 4.98 Å². The maximum absolute atomic E-state index is 12.6. The minimum absolute atomic E-state index is 0.128. The molecule has 0 bridgehead atoms. The van der Waals surface area contributed by atoms with Crippen molar-refractivity contribution in [2.24, 2.45) is 0 Å². The molecule has 0 aliphatic rings. The number of fused-ring (bicyclic) bond motifs is 1. The molecule has 0 amide bonds. The SMILES string of the molecule is COCCCN(Cc1nc2sc(C(C)C)cc2c(=O)[nH]1)C[C@@H](O)COc1ccc(Cl)cc1. The second-order valence-corrected chi connectivity index (χ2v) is 9.53. The number of aromatic nitrogens is 2. The van der Waals surface area contributed by atoms with Gasteiger partial charge >= 0.3 is 0 Å². The largest absolute Gasteiger partial charge is 0.491 e. The Labute approximate surface area is 197 Å². The van der Waals surface area contributed by atoms with Crippen molar-refractivity contribution in [2.45, 2.75) is 38.8 Å². The van der Waals surface area contributed by atoms with E-state index >= 15 is 0 Å². The zero-order valence-corrected chi connectivity index (χ0v) is 20.2. The van der Waals surface area contributed by atoms with Crippen LogP contribution in [-0.2, 0) is 11.3 Å². The van der Waals surface area contributed by atoms with Crippen molar-refractivity contribution in [3.8, 4) is 5.75 Å². The van der Waals surface area contributed by atoms with Crippen LogP contribution in [0.5, 0.6) is 5.75 Å². The number of methoxy groups -OCH3 is 1. The van der Waals surface area contributed by atoms with Crippen molar-refractivity contribution < 1.29 is 14.6 Å². The first-order chi connectivity index (χ1) is 15.4. The number of hydrogen-bond acceptors (Lipinski definition) is 7. The van der Waals surface area contributed by atoms with E-state index < -0.39 is 6.10 Å². The van der Waals surface area contributed by atoms with Gasteiger partial charge in [0.25, 0.3) is 5.56 Å². The molecule has 3 aromatic rings. The van der Waals surface area contributed by atoms with E-state index in [-0.39, 0.29) is 12.2 Å². The number of halogens is 1. The summed E-state index contributed by atoms with van der Waals surface area (Å²) in [6.07, 6.45) is 0.0856. The molecule has 9 heteroatoms. The lowest BCUT2D eigenvalue weighted by molar-refractivity contribution is 0.0609. The lowest BCUT2D eigenvalue weighted by Gasteiger charge is -2.24. The van der Waals surface area contributed by atoms with Crippen LogP contribution in [0.3, 0.4) is 0 Å². The number of aromatic amines is 1. The molecule has 0 fully saturated rings. The van der Waals surface area contributed by atoms with Crippen molar-refractivity contribution >= 4 is 33.2 Å². The molecule has 7 nitrogen and oxygen atoms in total. The van der Waals surface area contributed by atoms with Crippen LogP contribution in [0.2, 0.25) is 5.02 Å². The molecule has 0 unspecified atom stereocenters. The van der Waals surface area contributed by atoms with Gasteiger partial charge < -0.3 is 19.6 Å². The summed E-state index contributed by atoms with van der Waals surface area (Å²) in [4.78, 5) is 24.1. The molecule has 0 aliphatic carbocycles. The van der Waals surface area contributed by atoms with Crippen LogP contribution in [-0.4, -0.2) is 59.5 Å². The maximum atomic E-state index is 12.6. The van der Waals surface area contributed by atoms with E-state index in [2.05, 4.69) is 28.7 Å². The maximum Gasteiger partial charge on any atom is 0.259 e. The molecule has 2 N–H and O–H groups in total. The fourth-order valence-electron chi connectivity index (χ4n) is 3.31. The van der Waals surface area contributed by atoms with Crippen molar-refractivity contribution in [1.29, 1.82) is 0 Å². The average Bonchev–Trinajstić information content (AvgIpc) is 3.19. The van der Waals surface area contributed by atoms with Gasteiger partial charge in [0.05, 0.1) is 11.9 Å². The van der Waals surface area contributed by atoms with Gasteiger partial charge in [-0.05, 0) is 42.7 Å². The summed E-state index contributed by atoms with van der Waals surface area (Å²) in [5.41, 5.74) is -0.128. The first-order valence-corrected chi connectivity index (χ1v) is 11.9. The number of nitrogens with one attached hydrogen (secondary N) is 1. The molecule has 1 atom stereocenters. The lowest BCUT2D eigenvalue weighted by atomic mass is 10.2. The molecule has 0 saturated heterocycles. The topological polar surface area (TPSA) is 87.7 Å². The molecule has 0 saturated carbocycles. The van der Waals surface area contributed by atoms with E-state index in [1.165, 1.54) is 0 Å². The number of aliphatic hydroxyl groups excluding tert-OH is 1. The van der Waals surface area contributed by atoms with Gasteiger partial charge in [-0.1, -0.05) is 25.4 Å². The van der Waals surface area contributed by atoms with Gasteiger partial charge in [0.1, 0.15) is 29.1 Å². The summed E-state index contributed by atoms with van der Waals surface area (Å²) < 4.78 is 10.8. The van der Waals surface area contributed by atoms with Crippen molar-refractivity contribution in [2.75, 3.05) is 33.4 Å². The molecular weight excluding hydrogens is 450 g/mol. The first kappa shape index (κ1) is 24.7. The number of rotatable bonds is 12. The van der Waals surface area contributed by atoms with Crippen molar-refractivity contribution in [3.63, 3.8) is 0 Å². The van der Waals surface area contributed by atoms with E-state index in [0.717, 1.165) is 16.1 Å². The molecule has 174 valence electrons. The van der Waals surface area contributed by atoms with Gasteiger partial charge in [-0.3, -0.25) is 9.69 Å². The van der Waals surface area contributed by atoms with Crippen LogP contribution in [0.25, 0.3) is 10.2 Å². The number of aliphatic hydroxyl groups is 1. The zero-order valence-electron chi connectivity index (χ0n) is 18.6. The smallest absolute Gasteiger partial charge is 0.259 e. The van der Waals surface area contributed by atoms with E-state index in [1.807, 2.05) is 6.07 Å². The van der Waals surface area contributed by atoms with Gasteiger partial charge in [0.15, 0.2) is 0 Å². The number of benzene rings is 1. The molecule has 1 aromatic carbocycles. The number of ether oxygens (including phenoxy) is 2. The highest BCUT2D eigenvalue weighted by Crippen LogP contribution is 2.27. The number of nitrogens with zero attached hydrogens (tertiary/aromatic N) is 2. The van der Waals surface area contributed by atoms with E-state index in [4.69, 9.17) is 21.1 Å². The quantitative estimate of drug-likeness (QED) is 0.381. The summed E-state index contributed by atoms with van der Waals surface area (Å²) in [6.45, 7) is 6.45. The normalized spacial score (nSPS) is 12.7. The summed E-state index contributed by atoms with van der Waals surface area (Å²) in [5, 5.41) is 11.8. The summed E-state index contributed by atoms with van der Waals surface area (Å²) >= 11 is 7.45. The van der Waals surface area contributed by atoms with Crippen molar-refractivity contribution in [1.82, 2.24) is 14.9 Å². The van der Waals surface area contributed by atoms with E-state index in [9.17, 15) is 9.90 Å². The van der Waals surface area contributed by atoms with Crippen LogP contribution in [0, 0.1) is 0 Å². The van der Waals surface area contributed by atoms with Crippen LogP contribution < -0.4 is 10.3 Å². The van der Waals surface area contributed by atoms with Crippen molar-refractivity contribution in [3.05, 3.63) is 56.4 Å². The highest BCUT2D eigenvalue weighted by atomic mass is 35.5. The highest BCUT2D eigenvalue weighted by Gasteiger charge is 2.16. The molecule has 0 spiro atoms. The molecular formula is C23H30ClN3O4S. The number of thiophene rings is 1. The third-order valence-electron chi connectivity index (χ3n) is 4.96. The van der Waals surface area contributed by atoms with Gasteiger partial charge in [0, 0.05) is 36.7 Å². The second kappa shape index (κ2) is 11.8. The van der Waals surface area contributed by atoms with Crippen LogP contribution in [0.1, 0.15) is 36.9 Å². The monoisotopic (exact) mass is 479 g/mol. The minimum atomic E-state index is -0.710. The van der Waals surface area contributed by atoms with Crippen LogP contribution >= 0.6 is 22.9 Å². The van der Waals surface area contributed by atoms with Gasteiger partial charge in [0.2, 0.25) is 0 Å². The molecule has 0 aliphatic heterocycles. The Morgan fingerprint density at radius 2 is 2.03 bits per heavy atom. The second-order valence-electron chi connectivity index (χ2n) is 8.04. The highest BCUT2D eigenvalue weighted by molar-refractivity contribution is 7.18.